The summed E-state index contributed by atoms with van der Waals surface area (Å²) in [7, 11) is -3.88. The fraction of sp³-hybridized carbons (Fsp3) is 0.118. The van der Waals surface area contributed by atoms with Crippen molar-refractivity contribution in [3.8, 4) is 0 Å². The average molecular weight is 315 g/mol. The van der Waals surface area contributed by atoms with Gasteiger partial charge in [-0.25, -0.2) is 0 Å². The molecular formula is C17H17NO3S. The highest BCUT2D eigenvalue weighted by Crippen LogP contribution is 2.13. The molecule has 0 spiro atoms. The van der Waals surface area contributed by atoms with E-state index in [-0.39, 0.29) is 4.90 Å². The predicted molar refractivity (Wildman–Crippen MR) is 88.0 cm³/mol. The van der Waals surface area contributed by atoms with Crippen molar-refractivity contribution in [1.82, 2.24) is 0 Å². The lowest BCUT2D eigenvalue weighted by atomic mass is 10.2. The molecule has 0 unspecified atom stereocenters. The smallest absolute Gasteiger partial charge is 0.265 e. The van der Waals surface area contributed by atoms with Crippen molar-refractivity contribution < 1.29 is 12.7 Å². The quantitative estimate of drug-likeness (QED) is 0.623. The Morgan fingerprint density at radius 1 is 1.05 bits per heavy atom. The number of hydrogen-bond acceptors (Lipinski definition) is 4. The molecule has 2 aromatic carbocycles. The lowest BCUT2D eigenvalue weighted by Gasteiger charge is -2.02. The largest absolute Gasteiger partial charge is 0.358 e. The van der Waals surface area contributed by atoms with Crippen LogP contribution in [0.3, 0.4) is 0 Å². The summed E-state index contributed by atoms with van der Waals surface area (Å²) < 4.78 is 28.7. The van der Waals surface area contributed by atoms with Crippen molar-refractivity contribution in [2.24, 2.45) is 5.16 Å². The maximum Gasteiger partial charge on any atom is 0.358 e. The van der Waals surface area contributed by atoms with Gasteiger partial charge in [0.2, 0.25) is 0 Å². The topological polar surface area (TPSA) is 55.7 Å². The van der Waals surface area contributed by atoms with Gasteiger partial charge in [0.15, 0.2) is 0 Å². The molecule has 0 N–H and O–H groups in total. The van der Waals surface area contributed by atoms with E-state index in [4.69, 9.17) is 4.28 Å². The summed E-state index contributed by atoms with van der Waals surface area (Å²) in [6.45, 7) is 3.55. The minimum Gasteiger partial charge on any atom is -0.265 e. The van der Waals surface area contributed by atoms with Crippen molar-refractivity contribution in [2.75, 3.05) is 0 Å². The Bertz CT molecular complexity index is 776. The molecule has 0 aliphatic rings. The molecule has 114 valence electrons. The Morgan fingerprint density at radius 2 is 1.68 bits per heavy atom. The van der Waals surface area contributed by atoms with E-state index in [0.29, 0.717) is 5.71 Å². The van der Waals surface area contributed by atoms with E-state index >= 15 is 0 Å². The van der Waals surface area contributed by atoms with Crippen molar-refractivity contribution in [3.05, 3.63) is 71.8 Å². The van der Waals surface area contributed by atoms with Gasteiger partial charge in [-0.2, -0.15) is 8.42 Å². The number of oxime groups is 1. The molecule has 0 aliphatic carbocycles. The third kappa shape index (κ3) is 4.56. The van der Waals surface area contributed by atoms with E-state index in [1.54, 1.807) is 25.1 Å². The summed E-state index contributed by atoms with van der Waals surface area (Å²) in [6.07, 6.45) is 3.53. The number of allylic oxidation sites excluding steroid dienone is 1. The van der Waals surface area contributed by atoms with Crippen LogP contribution in [0.2, 0.25) is 0 Å². The van der Waals surface area contributed by atoms with Gasteiger partial charge in [-0.05, 0) is 37.6 Å². The zero-order valence-corrected chi connectivity index (χ0v) is 13.2. The van der Waals surface area contributed by atoms with Crippen LogP contribution < -0.4 is 0 Å². The first-order chi connectivity index (χ1) is 10.5. The summed E-state index contributed by atoms with van der Waals surface area (Å²) in [5.74, 6) is 0. The molecule has 0 radical (unpaired) electrons. The molecule has 0 saturated heterocycles. The van der Waals surface area contributed by atoms with Crippen molar-refractivity contribution >= 4 is 21.9 Å². The van der Waals surface area contributed by atoms with E-state index < -0.39 is 10.1 Å². The van der Waals surface area contributed by atoms with E-state index in [0.717, 1.165) is 11.1 Å². The van der Waals surface area contributed by atoms with Gasteiger partial charge in [0, 0.05) is 0 Å². The first-order valence-corrected chi connectivity index (χ1v) is 8.16. The monoisotopic (exact) mass is 315 g/mol. The molecular weight excluding hydrogens is 298 g/mol. The van der Waals surface area contributed by atoms with Crippen LogP contribution in [0.15, 0.2) is 70.7 Å². The molecule has 0 bridgehead atoms. The van der Waals surface area contributed by atoms with Gasteiger partial charge < -0.3 is 0 Å². The molecule has 0 aromatic heterocycles. The number of rotatable bonds is 5. The van der Waals surface area contributed by atoms with E-state index in [9.17, 15) is 8.42 Å². The fourth-order valence-corrected chi connectivity index (χ4v) is 2.44. The SMILES string of the molecule is CC(/C=C/c1ccccc1)=N\OS(=O)(=O)c1ccc(C)cc1. The van der Waals surface area contributed by atoms with Gasteiger partial charge in [0.25, 0.3) is 0 Å². The third-order valence-electron chi connectivity index (χ3n) is 2.91. The molecule has 0 saturated carbocycles. The van der Waals surface area contributed by atoms with Crippen LogP contribution in [0.4, 0.5) is 0 Å². The van der Waals surface area contributed by atoms with Crippen LogP contribution in [0.1, 0.15) is 18.1 Å². The van der Waals surface area contributed by atoms with Crippen LogP contribution in [-0.2, 0) is 14.4 Å². The van der Waals surface area contributed by atoms with Crippen molar-refractivity contribution in [2.45, 2.75) is 18.7 Å². The molecule has 22 heavy (non-hydrogen) atoms. The first-order valence-electron chi connectivity index (χ1n) is 6.75. The number of aryl methyl sites for hydroxylation is 1. The molecule has 2 rings (SSSR count). The minimum atomic E-state index is -3.88. The van der Waals surface area contributed by atoms with Crippen LogP contribution in [0, 0.1) is 6.92 Å². The van der Waals surface area contributed by atoms with Crippen molar-refractivity contribution in [3.63, 3.8) is 0 Å². The van der Waals surface area contributed by atoms with Crippen LogP contribution in [-0.4, -0.2) is 14.1 Å². The summed E-state index contributed by atoms with van der Waals surface area (Å²) >= 11 is 0. The second kappa shape index (κ2) is 7.04. The number of benzene rings is 2. The summed E-state index contributed by atoms with van der Waals surface area (Å²) in [6, 6.07) is 16.1. The second-order valence-electron chi connectivity index (χ2n) is 4.82. The third-order valence-corrected chi connectivity index (χ3v) is 4.03. The molecule has 5 heteroatoms. The normalized spacial score (nSPS) is 12.5. The molecule has 0 fully saturated rings. The van der Waals surface area contributed by atoms with Gasteiger partial charge in [-0.3, -0.25) is 4.28 Å². The molecule has 4 nitrogen and oxygen atoms in total. The first kappa shape index (κ1) is 16.0. The molecule has 0 heterocycles. The summed E-state index contributed by atoms with van der Waals surface area (Å²) in [5, 5.41) is 3.65. The van der Waals surface area contributed by atoms with Gasteiger partial charge >= 0.3 is 10.1 Å². The maximum atomic E-state index is 12.0. The van der Waals surface area contributed by atoms with Gasteiger partial charge in [0.05, 0.1) is 5.71 Å². The van der Waals surface area contributed by atoms with E-state index in [1.807, 2.05) is 43.3 Å². The molecule has 0 amide bonds. The van der Waals surface area contributed by atoms with Gasteiger partial charge in [-0.15, -0.1) is 0 Å². The molecule has 0 aliphatic heterocycles. The number of hydrogen-bond donors (Lipinski definition) is 0. The summed E-state index contributed by atoms with van der Waals surface area (Å²) in [5.41, 5.74) is 2.43. The van der Waals surface area contributed by atoms with Gasteiger partial charge in [-0.1, -0.05) is 59.3 Å². The average Bonchev–Trinajstić information content (AvgIpc) is 2.52. The Morgan fingerprint density at radius 3 is 2.32 bits per heavy atom. The zero-order chi connectivity index (χ0) is 16.0. The van der Waals surface area contributed by atoms with E-state index in [2.05, 4.69) is 5.16 Å². The highest BCUT2D eigenvalue weighted by molar-refractivity contribution is 7.86. The number of nitrogens with zero attached hydrogens (tertiary/aromatic N) is 1. The fourth-order valence-electron chi connectivity index (χ4n) is 1.67. The lowest BCUT2D eigenvalue weighted by molar-refractivity contribution is 0.339. The zero-order valence-electron chi connectivity index (χ0n) is 12.4. The van der Waals surface area contributed by atoms with Crippen LogP contribution in [0.25, 0.3) is 6.08 Å². The standard InChI is InChI=1S/C17H17NO3S/c1-14-8-12-17(13-9-14)22(19,20)21-18-15(2)10-11-16-6-4-3-5-7-16/h3-13H,1-2H3/b11-10+,18-15+. The maximum absolute atomic E-state index is 12.0. The Kier molecular flexibility index (Phi) is 5.12. The van der Waals surface area contributed by atoms with Crippen LogP contribution >= 0.6 is 0 Å². The highest BCUT2D eigenvalue weighted by atomic mass is 32.2. The van der Waals surface area contributed by atoms with Crippen molar-refractivity contribution in [1.29, 1.82) is 0 Å². The molecule has 2 aromatic rings. The lowest BCUT2D eigenvalue weighted by Crippen LogP contribution is -2.03. The van der Waals surface area contributed by atoms with Gasteiger partial charge in [0.1, 0.15) is 4.90 Å². The minimum absolute atomic E-state index is 0.0849. The van der Waals surface area contributed by atoms with E-state index in [1.165, 1.54) is 12.1 Å². The highest BCUT2D eigenvalue weighted by Gasteiger charge is 2.15. The Hall–Kier alpha value is -2.40. The Balaban J connectivity index is 2.06. The predicted octanol–water partition coefficient (Wildman–Crippen LogP) is 3.79. The second-order valence-corrected chi connectivity index (χ2v) is 6.35. The van der Waals surface area contributed by atoms with Crippen LogP contribution in [0.5, 0.6) is 0 Å². The molecule has 0 atom stereocenters. The Labute approximate surface area is 130 Å². The summed E-state index contributed by atoms with van der Waals surface area (Å²) in [4.78, 5) is 0.0849.